The predicted octanol–water partition coefficient (Wildman–Crippen LogP) is 3.83. The average molecular weight is 446 g/mol. The van der Waals surface area contributed by atoms with Crippen molar-refractivity contribution in [3.05, 3.63) is 82.6 Å². The highest BCUT2D eigenvalue weighted by Gasteiger charge is 2.27. The van der Waals surface area contributed by atoms with Gasteiger partial charge in [-0.05, 0) is 36.2 Å². The molecule has 4 aromatic rings. The fourth-order valence-corrected chi connectivity index (χ4v) is 3.67. The van der Waals surface area contributed by atoms with Crippen LogP contribution in [0.1, 0.15) is 43.4 Å². The fourth-order valence-electron chi connectivity index (χ4n) is 3.67. The second kappa shape index (κ2) is 9.43. The van der Waals surface area contributed by atoms with Crippen molar-refractivity contribution in [3.63, 3.8) is 0 Å². The highest BCUT2D eigenvalue weighted by molar-refractivity contribution is 5.94. The van der Waals surface area contributed by atoms with Crippen molar-refractivity contribution in [2.75, 3.05) is 0 Å². The Labute approximate surface area is 189 Å². The normalized spacial score (nSPS) is 11.9. The van der Waals surface area contributed by atoms with Gasteiger partial charge < -0.3 is 10.4 Å². The number of hydrogen-bond donors (Lipinski definition) is 2. The third-order valence-electron chi connectivity index (χ3n) is 5.35. The number of carbonyl (C=O) groups excluding carboxylic acids is 1. The van der Waals surface area contributed by atoms with E-state index in [2.05, 4.69) is 20.4 Å². The summed E-state index contributed by atoms with van der Waals surface area (Å²) < 4.78 is 1.58. The summed E-state index contributed by atoms with van der Waals surface area (Å²) in [6, 6.07) is 10.7. The molecule has 1 amide bonds. The van der Waals surface area contributed by atoms with Crippen LogP contribution in [0.15, 0.2) is 61.3 Å². The second-order valence-corrected chi connectivity index (χ2v) is 7.53. The van der Waals surface area contributed by atoms with Crippen LogP contribution >= 0.6 is 0 Å². The summed E-state index contributed by atoms with van der Waals surface area (Å²) in [4.78, 5) is 32.0. The van der Waals surface area contributed by atoms with Crippen LogP contribution in [0.3, 0.4) is 0 Å². The van der Waals surface area contributed by atoms with Gasteiger partial charge in [0.25, 0.3) is 5.69 Å². The first-order valence-electron chi connectivity index (χ1n) is 10.5. The molecule has 0 radical (unpaired) electrons. The fraction of sp³-hybridized carbons (Fsp3) is 0.217. The number of aromatic hydroxyl groups is 1. The van der Waals surface area contributed by atoms with Crippen LogP contribution < -0.4 is 5.32 Å². The molecule has 2 N–H and O–H groups in total. The van der Waals surface area contributed by atoms with E-state index in [-0.39, 0.29) is 33.8 Å². The van der Waals surface area contributed by atoms with Crippen molar-refractivity contribution in [3.8, 4) is 11.4 Å². The van der Waals surface area contributed by atoms with Gasteiger partial charge in [0, 0.05) is 24.2 Å². The molecule has 0 aliphatic heterocycles. The maximum absolute atomic E-state index is 12.6. The standard InChI is InChI=1S/C23H22N6O4/c1-2-3-6-20(30)27-21(15-7-9-16(10-8-15)28-14-24-13-26-28)18-12-19(29(32)33)17-5-4-11-25-22(17)23(18)31/h4-5,7-14,21,31H,2-3,6H2,1H3,(H,27,30). The first kappa shape index (κ1) is 21.9. The van der Waals surface area contributed by atoms with Crippen LogP contribution in [0, 0.1) is 10.1 Å². The van der Waals surface area contributed by atoms with Crippen LogP contribution in [-0.2, 0) is 4.79 Å². The number of aromatic nitrogens is 4. The highest BCUT2D eigenvalue weighted by Crippen LogP contribution is 2.39. The second-order valence-electron chi connectivity index (χ2n) is 7.53. The molecule has 168 valence electrons. The summed E-state index contributed by atoms with van der Waals surface area (Å²) in [5.41, 5.74) is 1.50. The highest BCUT2D eigenvalue weighted by atomic mass is 16.6. The molecule has 10 nitrogen and oxygen atoms in total. The minimum absolute atomic E-state index is 0.105. The lowest BCUT2D eigenvalue weighted by Gasteiger charge is -2.22. The monoisotopic (exact) mass is 446 g/mol. The summed E-state index contributed by atoms with van der Waals surface area (Å²) in [5, 5.41) is 30.0. The van der Waals surface area contributed by atoms with Crippen LogP contribution in [0.2, 0.25) is 0 Å². The molecule has 0 aliphatic carbocycles. The van der Waals surface area contributed by atoms with Crippen molar-refractivity contribution in [2.24, 2.45) is 0 Å². The number of nitrogens with one attached hydrogen (secondary N) is 1. The van der Waals surface area contributed by atoms with E-state index < -0.39 is 11.0 Å². The SMILES string of the molecule is CCCCC(=O)NC(c1ccc(-n2cncn2)cc1)c1cc([N+](=O)[O-])c2cccnc2c1O. The molecule has 10 heteroatoms. The van der Waals surface area contributed by atoms with Gasteiger partial charge in [-0.15, -0.1) is 0 Å². The number of non-ortho nitro benzene ring substituents is 1. The molecule has 33 heavy (non-hydrogen) atoms. The summed E-state index contributed by atoms with van der Waals surface area (Å²) in [6.45, 7) is 1.98. The third kappa shape index (κ3) is 4.49. The average Bonchev–Trinajstić information content (AvgIpc) is 3.37. The Morgan fingerprint density at radius 3 is 2.73 bits per heavy atom. The Morgan fingerprint density at radius 1 is 1.27 bits per heavy atom. The van der Waals surface area contributed by atoms with E-state index in [4.69, 9.17) is 0 Å². The molecule has 0 aliphatic rings. The van der Waals surface area contributed by atoms with Crippen LogP contribution in [0.5, 0.6) is 5.75 Å². The van der Waals surface area contributed by atoms with Gasteiger partial charge in [-0.1, -0.05) is 25.5 Å². The number of benzene rings is 2. The quantitative estimate of drug-likeness (QED) is 0.310. The number of nitro groups is 1. The molecule has 1 unspecified atom stereocenters. The minimum Gasteiger partial charge on any atom is -0.505 e. The summed E-state index contributed by atoms with van der Waals surface area (Å²) in [6.07, 6.45) is 6.29. The zero-order chi connectivity index (χ0) is 23.4. The number of amides is 1. The lowest BCUT2D eigenvalue weighted by molar-refractivity contribution is -0.383. The molecule has 0 saturated heterocycles. The molecule has 2 aromatic carbocycles. The molecule has 2 aromatic heterocycles. The Bertz CT molecular complexity index is 1290. The number of nitrogens with zero attached hydrogens (tertiary/aromatic N) is 5. The van der Waals surface area contributed by atoms with Crippen molar-refractivity contribution in [1.29, 1.82) is 0 Å². The topological polar surface area (TPSA) is 136 Å². The lowest BCUT2D eigenvalue weighted by Crippen LogP contribution is -2.29. The number of hydrogen-bond acceptors (Lipinski definition) is 7. The Kier molecular flexibility index (Phi) is 6.25. The van der Waals surface area contributed by atoms with Gasteiger partial charge in [0.15, 0.2) is 0 Å². The number of fused-ring (bicyclic) bond motifs is 1. The van der Waals surface area contributed by atoms with Gasteiger partial charge >= 0.3 is 0 Å². The number of phenolic OH excluding ortho intramolecular Hbond substituents is 1. The minimum atomic E-state index is -0.816. The first-order chi connectivity index (χ1) is 16.0. The smallest absolute Gasteiger partial charge is 0.279 e. The molecule has 0 saturated carbocycles. The molecule has 0 fully saturated rings. The van der Waals surface area contributed by atoms with Gasteiger partial charge in [-0.25, -0.2) is 9.67 Å². The maximum atomic E-state index is 12.6. The summed E-state index contributed by atoms with van der Waals surface area (Å²) >= 11 is 0. The van der Waals surface area contributed by atoms with Crippen LogP contribution in [0.4, 0.5) is 5.69 Å². The Hall–Kier alpha value is -4.34. The zero-order valence-corrected chi connectivity index (χ0v) is 17.9. The Morgan fingerprint density at radius 2 is 2.06 bits per heavy atom. The van der Waals surface area contributed by atoms with E-state index in [0.29, 0.717) is 18.4 Å². The first-order valence-corrected chi connectivity index (χ1v) is 10.5. The van der Waals surface area contributed by atoms with Crippen molar-refractivity contribution >= 4 is 22.5 Å². The molecule has 0 spiro atoms. The third-order valence-corrected chi connectivity index (χ3v) is 5.35. The van der Waals surface area contributed by atoms with Gasteiger partial charge in [0.1, 0.15) is 23.9 Å². The van der Waals surface area contributed by atoms with E-state index in [0.717, 1.165) is 12.1 Å². The van der Waals surface area contributed by atoms with Gasteiger partial charge in [0.05, 0.1) is 22.0 Å². The number of pyridine rings is 1. The van der Waals surface area contributed by atoms with Crippen molar-refractivity contribution in [1.82, 2.24) is 25.1 Å². The number of unbranched alkanes of at least 4 members (excludes halogenated alkanes) is 1. The molecular formula is C23H22N6O4. The van der Waals surface area contributed by atoms with Gasteiger partial charge in [-0.3, -0.25) is 19.9 Å². The van der Waals surface area contributed by atoms with Crippen LogP contribution in [0.25, 0.3) is 16.6 Å². The Balaban J connectivity index is 1.83. The van der Waals surface area contributed by atoms with Crippen molar-refractivity contribution in [2.45, 2.75) is 32.2 Å². The van der Waals surface area contributed by atoms with E-state index in [1.165, 1.54) is 24.7 Å². The zero-order valence-electron chi connectivity index (χ0n) is 17.9. The van der Waals surface area contributed by atoms with E-state index in [1.54, 1.807) is 41.3 Å². The van der Waals surface area contributed by atoms with Crippen molar-refractivity contribution < 1.29 is 14.8 Å². The molecule has 0 bridgehead atoms. The molecule has 2 heterocycles. The lowest BCUT2D eigenvalue weighted by atomic mass is 9.95. The van der Waals surface area contributed by atoms with Gasteiger partial charge in [0.2, 0.25) is 5.91 Å². The summed E-state index contributed by atoms with van der Waals surface area (Å²) in [7, 11) is 0. The number of phenols is 1. The molecule has 4 rings (SSSR count). The van der Waals surface area contributed by atoms with Gasteiger partial charge in [-0.2, -0.15) is 5.10 Å². The number of rotatable bonds is 8. The van der Waals surface area contributed by atoms with E-state index >= 15 is 0 Å². The number of nitro benzene ring substituents is 1. The predicted molar refractivity (Wildman–Crippen MR) is 121 cm³/mol. The van der Waals surface area contributed by atoms with Crippen LogP contribution in [-0.4, -0.2) is 35.7 Å². The van der Waals surface area contributed by atoms with E-state index in [9.17, 15) is 20.0 Å². The molecular weight excluding hydrogens is 424 g/mol. The number of carbonyl (C=O) groups is 1. The van der Waals surface area contributed by atoms with E-state index in [1.807, 2.05) is 6.92 Å². The molecule has 1 atom stereocenters. The maximum Gasteiger partial charge on any atom is 0.279 e. The largest absolute Gasteiger partial charge is 0.505 e. The summed E-state index contributed by atoms with van der Waals surface area (Å²) in [5.74, 6) is -0.428.